The number of fused-ring (bicyclic) bond motifs is 3. The number of halogens is 1. The zero-order valence-corrected chi connectivity index (χ0v) is 14.1. The Morgan fingerprint density at radius 2 is 2.16 bits per heavy atom. The Bertz CT molecular complexity index is 713. The average Bonchev–Trinajstić information content (AvgIpc) is 3.26. The maximum absolute atomic E-state index is 12.8. The van der Waals surface area contributed by atoms with Gasteiger partial charge in [-0.3, -0.25) is 14.0 Å². The lowest BCUT2D eigenvalue weighted by Crippen LogP contribution is -2.52. The number of anilines is 1. The van der Waals surface area contributed by atoms with Gasteiger partial charge in [0.2, 0.25) is 5.91 Å². The van der Waals surface area contributed by atoms with Crippen molar-refractivity contribution in [1.82, 2.24) is 14.8 Å². The number of hydrogen-bond acceptors (Lipinski definition) is 5. The maximum atomic E-state index is 12.8. The summed E-state index contributed by atoms with van der Waals surface area (Å²) >= 11 is 0. The van der Waals surface area contributed by atoms with Crippen molar-refractivity contribution in [3.05, 3.63) is 17.8 Å². The molecule has 2 saturated heterocycles. The van der Waals surface area contributed by atoms with E-state index in [1.165, 1.54) is 0 Å². The van der Waals surface area contributed by atoms with Crippen LogP contribution in [0, 0.1) is 5.92 Å². The summed E-state index contributed by atoms with van der Waals surface area (Å²) < 4.78 is 18.3. The summed E-state index contributed by atoms with van der Waals surface area (Å²) in [4.78, 5) is 32.9. The molecule has 2 fully saturated rings. The van der Waals surface area contributed by atoms with Crippen molar-refractivity contribution < 1.29 is 18.7 Å². The first-order valence-corrected chi connectivity index (χ1v) is 8.62. The van der Waals surface area contributed by atoms with Gasteiger partial charge in [0.15, 0.2) is 11.6 Å². The molecule has 4 rings (SSSR count). The highest BCUT2D eigenvalue weighted by Gasteiger charge is 2.47. The number of piperazine rings is 1. The third-order valence-corrected chi connectivity index (χ3v) is 5.19. The van der Waals surface area contributed by atoms with Gasteiger partial charge in [-0.2, -0.15) is 0 Å². The van der Waals surface area contributed by atoms with E-state index in [0.717, 1.165) is 6.42 Å². The molecule has 2 amide bonds. The van der Waals surface area contributed by atoms with Crippen LogP contribution in [0.2, 0.25) is 0 Å². The van der Waals surface area contributed by atoms with E-state index < -0.39 is 12.6 Å². The Morgan fingerprint density at radius 3 is 2.88 bits per heavy atom. The Hall–Kier alpha value is -2.38. The number of amides is 2. The number of nitrogens with zero attached hydrogens (tertiary/aromatic N) is 3. The van der Waals surface area contributed by atoms with E-state index in [-0.39, 0.29) is 23.9 Å². The van der Waals surface area contributed by atoms with Crippen LogP contribution in [-0.4, -0.2) is 71.6 Å². The monoisotopic (exact) mass is 348 g/mol. The van der Waals surface area contributed by atoms with Crippen LogP contribution in [0.25, 0.3) is 0 Å². The summed E-state index contributed by atoms with van der Waals surface area (Å²) in [6.07, 6.45) is 2.32. The highest BCUT2D eigenvalue weighted by molar-refractivity contribution is 5.95. The van der Waals surface area contributed by atoms with Crippen molar-refractivity contribution >= 4 is 17.6 Å². The molecular weight excluding hydrogens is 327 g/mol. The van der Waals surface area contributed by atoms with Gasteiger partial charge in [-0.05, 0) is 12.5 Å². The third kappa shape index (κ3) is 2.69. The standard InChI is InChI=1S/C17H21FN4O3/c1-10(6-18)16(23)21-8-13-5-12(21)9-22(13)17(24)11-4-14-15(20-7-11)19-2-3-25-14/h4,7,10,12-13H,2-3,5-6,8-9H2,1H3,(H,19,20)/t10?,12-,13-/m0/s1. The molecule has 1 unspecified atom stereocenters. The smallest absolute Gasteiger partial charge is 0.255 e. The number of ether oxygens (including phenoxy) is 1. The van der Waals surface area contributed by atoms with Crippen LogP contribution in [0.1, 0.15) is 23.7 Å². The van der Waals surface area contributed by atoms with Crippen LogP contribution in [0.3, 0.4) is 0 Å². The van der Waals surface area contributed by atoms with Crippen LogP contribution in [0.15, 0.2) is 12.3 Å². The van der Waals surface area contributed by atoms with Crippen LogP contribution in [-0.2, 0) is 4.79 Å². The summed E-state index contributed by atoms with van der Waals surface area (Å²) in [5.74, 6) is 0.385. The predicted octanol–water partition coefficient (Wildman–Crippen LogP) is 0.917. The highest BCUT2D eigenvalue weighted by Crippen LogP contribution is 2.34. The van der Waals surface area contributed by atoms with Crippen LogP contribution >= 0.6 is 0 Å². The minimum Gasteiger partial charge on any atom is -0.488 e. The van der Waals surface area contributed by atoms with E-state index in [9.17, 15) is 14.0 Å². The minimum atomic E-state index is -0.649. The molecule has 3 aliphatic heterocycles. The molecular formula is C17H21FN4O3. The lowest BCUT2D eigenvalue weighted by atomic mass is 10.1. The summed E-state index contributed by atoms with van der Waals surface area (Å²) in [5.41, 5.74) is 0.491. The van der Waals surface area contributed by atoms with Crippen molar-refractivity contribution in [1.29, 1.82) is 0 Å². The molecule has 7 nitrogen and oxygen atoms in total. The number of pyridine rings is 1. The normalized spacial score (nSPS) is 25.2. The van der Waals surface area contributed by atoms with Gasteiger partial charge >= 0.3 is 0 Å². The molecule has 0 aliphatic carbocycles. The molecule has 0 aromatic carbocycles. The number of hydrogen-bond donors (Lipinski definition) is 1. The van der Waals surface area contributed by atoms with Crippen LogP contribution < -0.4 is 10.1 Å². The fourth-order valence-electron chi connectivity index (χ4n) is 3.84. The molecule has 0 spiro atoms. The molecule has 8 heteroatoms. The van der Waals surface area contributed by atoms with Crippen molar-refractivity contribution in [2.45, 2.75) is 25.4 Å². The Labute approximate surface area is 145 Å². The zero-order valence-electron chi connectivity index (χ0n) is 14.1. The molecule has 1 aromatic rings. The van der Waals surface area contributed by atoms with Crippen molar-refractivity contribution in [2.75, 3.05) is 38.2 Å². The average molecular weight is 348 g/mol. The molecule has 2 bridgehead atoms. The summed E-state index contributed by atoms with van der Waals surface area (Å²) in [6.45, 7) is 3.17. The maximum Gasteiger partial charge on any atom is 0.255 e. The topological polar surface area (TPSA) is 74.8 Å². The summed E-state index contributed by atoms with van der Waals surface area (Å²) in [5, 5.41) is 3.12. The van der Waals surface area contributed by atoms with Crippen molar-refractivity contribution in [2.24, 2.45) is 5.92 Å². The fourth-order valence-corrected chi connectivity index (χ4v) is 3.84. The van der Waals surface area contributed by atoms with Gasteiger partial charge in [-0.25, -0.2) is 4.98 Å². The Kier molecular flexibility index (Phi) is 3.97. The molecule has 134 valence electrons. The molecule has 0 saturated carbocycles. The quantitative estimate of drug-likeness (QED) is 0.879. The summed E-state index contributed by atoms with van der Waals surface area (Å²) in [6, 6.07) is 1.69. The third-order valence-electron chi connectivity index (χ3n) is 5.19. The van der Waals surface area contributed by atoms with E-state index >= 15 is 0 Å². The Morgan fingerprint density at radius 1 is 1.40 bits per heavy atom. The van der Waals surface area contributed by atoms with Gasteiger partial charge in [0.25, 0.3) is 5.91 Å². The molecule has 25 heavy (non-hydrogen) atoms. The second-order valence-corrected chi connectivity index (χ2v) is 6.89. The molecule has 3 aliphatic rings. The first kappa shape index (κ1) is 16.1. The summed E-state index contributed by atoms with van der Waals surface area (Å²) in [7, 11) is 0. The van der Waals surface area contributed by atoms with Crippen LogP contribution in [0.4, 0.5) is 10.2 Å². The second kappa shape index (κ2) is 6.16. The zero-order chi connectivity index (χ0) is 17.6. The van der Waals surface area contributed by atoms with Gasteiger partial charge in [0, 0.05) is 19.3 Å². The number of alkyl halides is 1. The predicted molar refractivity (Wildman–Crippen MR) is 88.3 cm³/mol. The lowest BCUT2D eigenvalue weighted by molar-refractivity contribution is -0.137. The molecule has 1 N–H and O–H groups in total. The lowest BCUT2D eigenvalue weighted by Gasteiger charge is -2.35. The highest BCUT2D eigenvalue weighted by atomic mass is 19.1. The van der Waals surface area contributed by atoms with E-state index in [4.69, 9.17) is 4.74 Å². The largest absolute Gasteiger partial charge is 0.488 e. The second-order valence-electron chi connectivity index (χ2n) is 6.89. The van der Waals surface area contributed by atoms with Gasteiger partial charge < -0.3 is 19.9 Å². The van der Waals surface area contributed by atoms with Crippen molar-refractivity contribution in [3.63, 3.8) is 0 Å². The van der Waals surface area contributed by atoms with Gasteiger partial charge in [-0.1, -0.05) is 6.92 Å². The number of aromatic nitrogens is 1. The minimum absolute atomic E-state index is 0.0108. The molecule has 3 atom stereocenters. The molecule has 1 aromatic heterocycles. The number of nitrogens with one attached hydrogen (secondary N) is 1. The fraction of sp³-hybridized carbons (Fsp3) is 0.588. The van der Waals surface area contributed by atoms with E-state index in [0.29, 0.717) is 43.4 Å². The van der Waals surface area contributed by atoms with E-state index in [2.05, 4.69) is 10.3 Å². The first-order chi connectivity index (χ1) is 12.1. The SMILES string of the molecule is CC(CF)C(=O)N1C[C@@H]2C[C@H]1CN2C(=O)c1cnc2c(c1)OCCN2. The van der Waals surface area contributed by atoms with E-state index in [1.807, 2.05) is 0 Å². The van der Waals surface area contributed by atoms with Gasteiger partial charge in [0.1, 0.15) is 13.3 Å². The number of carbonyl (C=O) groups excluding carboxylic acids is 2. The van der Waals surface area contributed by atoms with Gasteiger partial charge in [0.05, 0.1) is 30.1 Å². The molecule has 4 heterocycles. The number of rotatable bonds is 3. The van der Waals surface area contributed by atoms with Crippen LogP contribution in [0.5, 0.6) is 5.75 Å². The Balaban J connectivity index is 1.46. The first-order valence-electron chi connectivity index (χ1n) is 8.62. The number of carbonyl (C=O) groups is 2. The van der Waals surface area contributed by atoms with E-state index in [1.54, 1.807) is 29.0 Å². The van der Waals surface area contributed by atoms with Gasteiger partial charge in [-0.15, -0.1) is 0 Å². The molecule has 0 radical (unpaired) electrons. The number of likely N-dealkylation sites (tertiary alicyclic amines) is 2. The van der Waals surface area contributed by atoms with Crippen molar-refractivity contribution in [3.8, 4) is 5.75 Å².